The summed E-state index contributed by atoms with van der Waals surface area (Å²) in [6, 6.07) is 2.65. The van der Waals surface area contributed by atoms with Crippen LogP contribution in [0.2, 0.25) is 0 Å². The summed E-state index contributed by atoms with van der Waals surface area (Å²) in [6.07, 6.45) is 0.722. The number of carboxylic acid groups (broad SMARTS) is 1. The Kier molecular flexibility index (Phi) is 5.48. The first kappa shape index (κ1) is 16.1. The zero-order valence-corrected chi connectivity index (χ0v) is 12.8. The smallest absolute Gasteiger partial charge is 0.345 e. The van der Waals surface area contributed by atoms with E-state index in [-0.39, 0.29) is 9.09 Å². The molecule has 0 radical (unpaired) electrons. The van der Waals surface area contributed by atoms with Crippen LogP contribution in [0.15, 0.2) is 16.3 Å². The molecule has 0 saturated heterocycles. The minimum atomic E-state index is -3.58. The van der Waals surface area contributed by atoms with Gasteiger partial charge in [-0.2, -0.15) is 0 Å². The van der Waals surface area contributed by atoms with E-state index < -0.39 is 16.0 Å². The van der Waals surface area contributed by atoms with Crippen molar-refractivity contribution in [2.75, 3.05) is 34.2 Å². The van der Waals surface area contributed by atoms with Crippen LogP contribution >= 0.6 is 11.3 Å². The minimum Gasteiger partial charge on any atom is -0.477 e. The van der Waals surface area contributed by atoms with Gasteiger partial charge in [0.05, 0.1) is 0 Å². The molecule has 0 bridgehead atoms. The Labute approximate surface area is 117 Å². The number of rotatable bonds is 7. The molecule has 0 saturated carbocycles. The normalized spacial score (nSPS) is 12.3. The van der Waals surface area contributed by atoms with Crippen molar-refractivity contribution in [2.24, 2.45) is 0 Å². The molecule has 1 rings (SSSR count). The predicted octanol–water partition coefficient (Wildman–Crippen LogP) is 1.02. The summed E-state index contributed by atoms with van der Waals surface area (Å²) in [5.41, 5.74) is 0. The van der Waals surface area contributed by atoms with Gasteiger partial charge in [0.2, 0.25) is 0 Å². The largest absolute Gasteiger partial charge is 0.477 e. The highest BCUT2D eigenvalue weighted by Crippen LogP contribution is 2.24. The first-order chi connectivity index (χ1) is 8.75. The molecule has 1 N–H and O–H groups in total. The Hall–Kier alpha value is -0.960. The number of nitrogens with zero attached hydrogens (tertiary/aromatic N) is 2. The first-order valence-electron chi connectivity index (χ1n) is 5.69. The molecule has 108 valence electrons. The molecule has 1 aromatic rings. The van der Waals surface area contributed by atoms with Gasteiger partial charge >= 0.3 is 5.97 Å². The minimum absolute atomic E-state index is 0.0280. The van der Waals surface area contributed by atoms with Crippen molar-refractivity contribution in [3.8, 4) is 0 Å². The second-order valence-corrected chi connectivity index (χ2v) is 7.76. The number of sulfonamides is 1. The van der Waals surface area contributed by atoms with Crippen molar-refractivity contribution in [2.45, 2.75) is 10.6 Å². The molecule has 0 fully saturated rings. The van der Waals surface area contributed by atoms with Gasteiger partial charge in [-0.05, 0) is 39.2 Å². The lowest BCUT2D eigenvalue weighted by Gasteiger charge is -2.17. The van der Waals surface area contributed by atoms with Crippen molar-refractivity contribution in [3.63, 3.8) is 0 Å². The first-order valence-corrected chi connectivity index (χ1v) is 7.95. The van der Waals surface area contributed by atoms with E-state index in [1.807, 2.05) is 19.0 Å². The topological polar surface area (TPSA) is 77.9 Å². The lowest BCUT2D eigenvalue weighted by Crippen LogP contribution is -2.29. The molecule has 0 atom stereocenters. The number of thiophene rings is 1. The average molecular weight is 306 g/mol. The van der Waals surface area contributed by atoms with Crippen LogP contribution < -0.4 is 0 Å². The summed E-state index contributed by atoms with van der Waals surface area (Å²) >= 11 is 0.776. The van der Waals surface area contributed by atoms with Crippen LogP contribution in [0.5, 0.6) is 0 Å². The second-order valence-electron chi connectivity index (χ2n) is 4.41. The Bertz CT molecular complexity index is 537. The van der Waals surface area contributed by atoms with Crippen LogP contribution in [0, 0.1) is 0 Å². The zero-order chi connectivity index (χ0) is 14.6. The highest BCUT2D eigenvalue weighted by Gasteiger charge is 2.23. The van der Waals surface area contributed by atoms with Crippen molar-refractivity contribution in [3.05, 3.63) is 17.0 Å². The molecular formula is C11H18N2O4S2. The Balaban J connectivity index is 2.75. The molecule has 6 nitrogen and oxygen atoms in total. The molecular weight excluding hydrogens is 288 g/mol. The quantitative estimate of drug-likeness (QED) is 0.813. The summed E-state index contributed by atoms with van der Waals surface area (Å²) in [7, 11) is 1.77. The standard InChI is InChI=1S/C11H18N2O4S2/c1-12(2)7-4-8-13(3)19(16,17)10-6-5-9(18-10)11(14)15/h5-6H,4,7-8H2,1-3H3,(H,14,15). The Morgan fingerprint density at radius 3 is 2.37 bits per heavy atom. The SMILES string of the molecule is CN(C)CCCN(C)S(=O)(=O)c1ccc(C(=O)O)s1. The maximum atomic E-state index is 12.2. The van der Waals surface area contributed by atoms with Crippen molar-refractivity contribution in [1.29, 1.82) is 0 Å². The lowest BCUT2D eigenvalue weighted by molar-refractivity contribution is 0.0702. The third kappa shape index (κ3) is 4.27. The van der Waals surface area contributed by atoms with Gasteiger partial charge in [0.25, 0.3) is 10.0 Å². The molecule has 8 heteroatoms. The van der Waals surface area contributed by atoms with Gasteiger partial charge in [-0.25, -0.2) is 17.5 Å². The molecule has 0 spiro atoms. The van der Waals surface area contributed by atoms with Gasteiger partial charge in [0, 0.05) is 13.6 Å². The van der Waals surface area contributed by atoms with E-state index in [0.29, 0.717) is 6.54 Å². The predicted molar refractivity (Wildman–Crippen MR) is 74.3 cm³/mol. The summed E-state index contributed by atoms with van der Waals surface area (Å²) < 4.78 is 25.7. The number of carboxylic acids is 1. The number of carbonyl (C=O) groups is 1. The molecule has 0 unspecified atom stereocenters. The van der Waals surface area contributed by atoms with E-state index in [9.17, 15) is 13.2 Å². The van der Waals surface area contributed by atoms with E-state index in [2.05, 4.69) is 0 Å². The van der Waals surface area contributed by atoms with E-state index in [1.165, 1.54) is 23.5 Å². The van der Waals surface area contributed by atoms with Gasteiger partial charge in [-0.3, -0.25) is 0 Å². The molecule has 0 aliphatic heterocycles. The van der Waals surface area contributed by atoms with Crippen LogP contribution in [0.3, 0.4) is 0 Å². The third-order valence-corrected chi connectivity index (χ3v) is 5.93. The van der Waals surface area contributed by atoms with E-state index >= 15 is 0 Å². The van der Waals surface area contributed by atoms with Gasteiger partial charge in [-0.15, -0.1) is 11.3 Å². The molecule has 0 amide bonds. The Morgan fingerprint density at radius 2 is 1.89 bits per heavy atom. The fourth-order valence-corrected chi connectivity index (χ4v) is 4.02. The van der Waals surface area contributed by atoms with Crippen LogP contribution in [0.1, 0.15) is 16.1 Å². The lowest BCUT2D eigenvalue weighted by atomic mass is 10.4. The zero-order valence-electron chi connectivity index (χ0n) is 11.2. The second kappa shape index (κ2) is 6.47. The summed E-state index contributed by atoms with van der Waals surface area (Å²) in [5.74, 6) is -1.11. The summed E-state index contributed by atoms with van der Waals surface area (Å²) in [6.45, 7) is 1.20. The van der Waals surface area contributed by atoms with Gasteiger partial charge < -0.3 is 10.0 Å². The third-order valence-electron chi connectivity index (χ3n) is 2.54. The Morgan fingerprint density at radius 1 is 1.26 bits per heavy atom. The van der Waals surface area contributed by atoms with Gasteiger partial charge in [0.15, 0.2) is 0 Å². The maximum absolute atomic E-state index is 12.2. The molecule has 0 aromatic carbocycles. The molecule has 19 heavy (non-hydrogen) atoms. The van der Waals surface area contributed by atoms with Crippen LogP contribution in [0.25, 0.3) is 0 Å². The molecule has 0 aliphatic rings. The highest BCUT2D eigenvalue weighted by atomic mass is 32.2. The monoisotopic (exact) mass is 306 g/mol. The molecule has 0 aliphatic carbocycles. The molecule has 1 aromatic heterocycles. The van der Waals surface area contributed by atoms with Gasteiger partial charge in [-0.1, -0.05) is 0 Å². The van der Waals surface area contributed by atoms with E-state index in [0.717, 1.165) is 24.3 Å². The fourth-order valence-electron chi connectivity index (χ4n) is 1.46. The van der Waals surface area contributed by atoms with Crippen molar-refractivity contribution >= 4 is 27.3 Å². The van der Waals surface area contributed by atoms with Crippen LogP contribution in [0.4, 0.5) is 0 Å². The van der Waals surface area contributed by atoms with Crippen molar-refractivity contribution < 1.29 is 18.3 Å². The van der Waals surface area contributed by atoms with E-state index in [4.69, 9.17) is 5.11 Å². The average Bonchev–Trinajstić information content (AvgIpc) is 2.78. The van der Waals surface area contributed by atoms with E-state index in [1.54, 1.807) is 0 Å². The highest BCUT2D eigenvalue weighted by molar-refractivity contribution is 7.91. The van der Waals surface area contributed by atoms with Gasteiger partial charge in [0.1, 0.15) is 9.09 Å². The summed E-state index contributed by atoms with van der Waals surface area (Å²) in [4.78, 5) is 12.8. The number of hydrogen-bond donors (Lipinski definition) is 1. The summed E-state index contributed by atoms with van der Waals surface area (Å²) in [5, 5.41) is 8.80. The van der Waals surface area contributed by atoms with Crippen LogP contribution in [-0.4, -0.2) is 62.9 Å². The van der Waals surface area contributed by atoms with Crippen LogP contribution in [-0.2, 0) is 10.0 Å². The number of hydrogen-bond acceptors (Lipinski definition) is 5. The molecule has 1 heterocycles. The van der Waals surface area contributed by atoms with Crippen molar-refractivity contribution in [1.82, 2.24) is 9.21 Å². The fraction of sp³-hybridized carbons (Fsp3) is 0.545. The number of aromatic carboxylic acids is 1. The maximum Gasteiger partial charge on any atom is 0.345 e.